The second-order valence-corrected chi connectivity index (χ2v) is 7.48. The van der Waals surface area contributed by atoms with E-state index in [1.165, 1.54) is 11.3 Å². The van der Waals surface area contributed by atoms with E-state index in [-0.39, 0.29) is 12.5 Å². The lowest BCUT2D eigenvalue weighted by Crippen LogP contribution is -2.34. The summed E-state index contributed by atoms with van der Waals surface area (Å²) >= 11 is 1.45. The van der Waals surface area contributed by atoms with Gasteiger partial charge in [0.15, 0.2) is 11.7 Å². The number of carbonyl (C=O) groups is 1. The minimum atomic E-state index is -0.181. The molecule has 0 aliphatic carbocycles. The van der Waals surface area contributed by atoms with Gasteiger partial charge in [0.2, 0.25) is 0 Å². The SMILES string of the molecule is CCOc1cccc2sc(N(Cc3cccnc3)C(=O)COc3ccccc3)nc12. The third-order valence-electron chi connectivity index (χ3n) is 4.37. The highest BCUT2D eigenvalue weighted by Crippen LogP contribution is 2.35. The molecule has 0 unspecified atom stereocenters. The number of hydrogen-bond donors (Lipinski definition) is 0. The molecule has 2 aromatic heterocycles. The molecule has 0 bridgehead atoms. The van der Waals surface area contributed by atoms with Crippen molar-refractivity contribution in [2.24, 2.45) is 0 Å². The zero-order chi connectivity index (χ0) is 20.8. The van der Waals surface area contributed by atoms with E-state index >= 15 is 0 Å². The predicted octanol–water partition coefficient (Wildman–Crippen LogP) is 4.70. The Bertz CT molecular complexity index is 1120. The van der Waals surface area contributed by atoms with Crippen molar-refractivity contribution in [1.82, 2.24) is 9.97 Å². The number of aromatic nitrogens is 2. The number of amides is 1. The number of carbonyl (C=O) groups excluding carboxylic acids is 1. The highest BCUT2D eigenvalue weighted by molar-refractivity contribution is 7.22. The van der Waals surface area contributed by atoms with Crippen LogP contribution in [0.2, 0.25) is 0 Å². The van der Waals surface area contributed by atoms with Crippen molar-refractivity contribution < 1.29 is 14.3 Å². The lowest BCUT2D eigenvalue weighted by atomic mass is 10.2. The number of para-hydroxylation sites is 2. The average Bonchev–Trinajstić information content (AvgIpc) is 3.22. The van der Waals surface area contributed by atoms with Crippen LogP contribution in [0.3, 0.4) is 0 Å². The van der Waals surface area contributed by atoms with Crippen LogP contribution in [0.15, 0.2) is 73.1 Å². The van der Waals surface area contributed by atoms with Gasteiger partial charge in [-0.25, -0.2) is 4.98 Å². The third kappa shape index (κ3) is 4.58. The van der Waals surface area contributed by atoms with Crippen molar-refractivity contribution in [1.29, 1.82) is 0 Å². The molecule has 6 nitrogen and oxygen atoms in total. The van der Waals surface area contributed by atoms with Crippen molar-refractivity contribution in [2.75, 3.05) is 18.1 Å². The zero-order valence-corrected chi connectivity index (χ0v) is 17.3. The summed E-state index contributed by atoms with van der Waals surface area (Å²) in [6.45, 7) is 2.76. The zero-order valence-electron chi connectivity index (χ0n) is 16.5. The van der Waals surface area contributed by atoms with E-state index in [2.05, 4.69) is 4.98 Å². The molecule has 1 amide bonds. The quantitative estimate of drug-likeness (QED) is 0.414. The first-order valence-electron chi connectivity index (χ1n) is 9.64. The smallest absolute Gasteiger partial charge is 0.267 e. The van der Waals surface area contributed by atoms with Crippen LogP contribution in [0.25, 0.3) is 10.2 Å². The van der Waals surface area contributed by atoms with E-state index in [0.29, 0.717) is 29.8 Å². The first-order valence-corrected chi connectivity index (χ1v) is 10.5. The summed E-state index contributed by atoms with van der Waals surface area (Å²) in [5, 5.41) is 0.600. The van der Waals surface area contributed by atoms with Crippen molar-refractivity contribution in [3.8, 4) is 11.5 Å². The molecule has 2 heterocycles. The van der Waals surface area contributed by atoms with Gasteiger partial charge in [-0.2, -0.15) is 0 Å². The second-order valence-electron chi connectivity index (χ2n) is 6.48. The van der Waals surface area contributed by atoms with Gasteiger partial charge in [0, 0.05) is 12.4 Å². The summed E-state index contributed by atoms with van der Waals surface area (Å²) in [5.41, 5.74) is 1.67. The topological polar surface area (TPSA) is 64.5 Å². The van der Waals surface area contributed by atoms with Crippen molar-refractivity contribution in [3.63, 3.8) is 0 Å². The molecule has 0 N–H and O–H groups in total. The van der Waals surface area contributed by atoms with Crippen molar-refractivity contribution in [2.45, 2.75) is 13.5 Å². The lowest BCUT2D eigenvalue weighted by molar-refractivity contribution is -0.120. The molecule has 30 heavy (non-hydrogen) atoms. The van der Waals surface area contributed by atoms with Gasteiger partial charge in [0.05, 0.1) is 17.9 Å². The number of nitrogens with zero attached hydrogens (tertiary/aromatic N) is 3. The maximum atomic E-state index is 13.1. The fourth-order valence-corrected chi connectivity index (χ4v) is 3.98. The van der Waals surface area contributed by atoms with Crippen LogP contribution in [0, 0.1) is 0 Å². The van der Waals surface area contributed by atoms with E-state index in [0.717, 1.165) is 15.8 Å². The van der Waals surface area contributed by atoms with Crippen molar-refractivity contribution >= 4 is 32.6 Å². The number of benzene rings is 2. The van der Waals surface area contributed by atoms with E-state index in [1.807, 2.05) is 67.6 Å². The number of pyridine rings is 1. The first kappa shape index (κ1) is 19.8. The van der Waals surface area contributed by atoms with Crippen LogP contribution < -0.4 is 14.4 Å². The molecular formula is C23H21N3O3S. The Kier molecular flexibility index (Phi) is 6.20. The molecule has 0 atom stereocenters. The second kappa shape index (κ2) is 9.37. The molecule has 0 aliphatic rings. The number of hydrogen-bond acceptors (Lipinski definition) is 6. The van der Waals surface area contributed by atoms with Crippen LogP contribution in [0.1, 0.15) is 12.5 Å². The van der Waals surface area contributed by atoms with Crippen LogP contribution in [0.4, 0.5) is 5.13 Å². The van der Waals surface area contributed by atoms with Gasteiger partial charge in [0.1, 0.15) is 17.0 Å². The van der Waals surface area contributed by atoms with Crippen LogP contribution in [-0.2, 0) is 11.3 Å². The fourth-order valence-electron chi connectivity index (χ4n) is 2.98. The Morgan fingerprint density at radius 3 is 2.67 bits per heavy atom. The van der Waals surface area contributed by atoms with Gasteiger partial charge in [-0.05, 0) is 42.8 Å². The molecule has 152 valence electrons. The highest BCUT2D eigenvalue weighted by Gasteiger charge is 2.22. The standard InChI is InChI=1S/C23H21N3O3S/c1-2-28-19-11-6-12-20-22(19)25-23(30-20)26(15-17-8-7-13-24-14-17)21(27)16-29-18-9-4-3-5-10-18/h3-14H,2,15-16H2,1H3. The van der Waals surface area contributed by atoms with Gasteiger partial charge >= 0.3 is 0 Å². The summed E-state index contributed by atoms with van der Waals surface area (Å²) in [6.07, 6.45) is 3.46. The molecule has 0 fully saturated rings. The Morgan fingerprint density at radius 2 is 1.90 bits per heavy atom. The maximum Gasteiger partial charge on any atom is 0.267 e. The van der Waals surface area contributed by atoms with Crippen LogP contribution in [-0.4, -0.2) is 29.1 Å². The number of anilines is 1. The molecule has 0 radical (unpaired) electrons. The molecule has 4 aromatic rings. The largest absolute Gasteiger partial charge is 0.492 e. The van der Waals surface area contributed by atoms with Gasteiger partial charge in [0.25, 0.3) is 5.91 Å². The van der Waals surface area contributed by atoms with E-state index in [1.54, 1.807) is 17.3 Å². The summed E-state index contributed by atoms with van der Waals surface area (Å²) < 4.78 is 12.4. The van der Waals surface area contributed by atoms with Crippen LogP contribution >= 0.6 is 11.3 Å². The molecule has 0 aliphatic heterocycles. The minimum Gasteiger partial charge on any atom is -0.492 e. The number of rotatable bonds is 8. The van der Waals surface area contributed by atoms with E-state index < -0.39 is 0 Å². The molecule has 0 spiro atoms. The number of thiazole rings is 1. The fraction of sp³-hybridized carbons (Fsp3) is 0.174. The average molecular weight is 420 g/mol. The van der Waals surface area contributed by atoms with Crippen LogP contribution in [0.5, 0.6) is 11.5 Å². The minimum absolute atomic E-state index is 0.0848. The number of ether oxygens (including phenoxy) is 2. The van der Waals surface area contributed by atoms with E-state index in [4.69, 9.17) is 14.5 Å². The third-order valence-corrected chi connectivity index (χ3v) is 5.42. The van der Waals surface area contributed by atoms with Gasteiger partial charge < -0.3 is 9.47 Å². The number of fused-ring (bicyclic) bond motifs is 1. The molecular weight excluding hydrogens is 398 g/mol. The summed E-state index contributed by atoms with van der Waals surface area (Å²) in [4.78, 5) is 23.6. The predicted molar refractivity (Wildman–Crippen MR) is 118 cm³/mol. The Balaban J connectivity index is 1.63. The van der Waals surface area contributed by atoms with E-state index in [9.17, 15) is 4.79 Å². The summed E-state index contributed by atoms with van der Waals surface area (Å²) in [5.74, 6) is 1.18. The molecule has 7 heteroatoms. The van der Waals surface area contributed by atoms with Gasteiger partial charge in [-0.15, -0.1) is 0 Å². The Hall–Kier alpha value is -3.45. The van der Waals surface area contributed by atoms with Crippen molar-refractivity contribution in [3.05, 3.63) is 78.6 Å². The van der Waals surface area contributed by atoms with Gasteiger partial charge in [-0.1, -0.05) is 41.7 Å². The van der Waals surface area contributed by atoms with Gasteiger partial charge in [-0.3, -0.25) is 14.7 Å². The summed E-state index contributed by atoms with van der Waals surface area (Å²) in [7, 11) is 0. The lowest BCUT2D eigenvalue weighted by Gasteiger charge is -2.20. The molecule has 2 aromatic carbocycles. The Morgan fingerprint density at radius 1 is 1.03 bits per heavy atom. The molecule has 4 rings (SSSR count). The highest BCUT2D eigenvalue weighted by atomic mass is 32.1. The Labute approximate surface area is 178 Å². The monoisotopic (exact) mass is 419 g/mol. The first-order chi connectivity index (χ1) is 14.7. The summed E-state index contributed by atoms with van der Waals surface area (Å²) in [6, 6.07) is 18.9. The normalized spacial score (nSPS) is 10.7. The maximum absolute atomic E-state index is 13.1. The molecule has 0 saturated heterocycles. The molecule has 0 saturated carbocycles.